The van der Waals surface area contributed by atoms with Crippen LogP contribution in [0.4, 0.5) is 0 Å². The van der Waals surface area contributed by atoms with Crippen molar-refractivity contribution in [2.24, 2.45) is 0 Å². The monoisotopic (exact) mass is 451 g/mol. The molecule has 35 heavy (non-hydrogen) atoms. The largest absolute Gasteiger partial charge is 0.283 e. The number of nitrogens with zero attached hydrogens (tertiary/aromatic N) is 3. The topological polar surface area (TPSA) is 30.7 Å². The molecule has 0 atom stereocenters. The summed E-state index contributed by atoms with van der Waals surface area (Å²) in [5.41, 5.74) is 12.3. The van der Waals surface area contributed by atoms with Gasteiger partial charge in [-0.2, -0.15) is 0 Å². The molecule has 6 rings (SSSR count). The van der Waals surface area contributed by atoms with Crippen molar-refractivity contribution in [3.63, 3.8) is 0 Å². The first-order chi connectivity index (χ1) is 17.2. The summed E-state index contributed by atoms with van der Waals surface area (Å²) in [6.45, 7) is 4.27. The highest BCUT2D eigenvalue weighted by atomic mass is 15.1. The van der Waals surface area contributed by atoms with E-state index in [9.17, 15) is 0 Å². The zero-order valence-electron chi connectivity index (χ0n) is 19.8. The van der Waals surface area contributed by atoms with Crippen molar-refractivity contribution < 1.29 is 0 Å². The molecule has 2 aromatic heterocycles. The number of aryl methyl sites for hydroxylation is 2. The van der Waals surface area contributed by atoms with Crippen LogP contribution in [-0.4, -0.2) is 14.5 Å². The molecule has 0 radical (unpaired) electrons. The second-order valence-corrected chi connectivity index (χ2v) is 9.02. The van der Waals surface area contributed by atoms with E-state index in [4.69, 9.17) is 9.97 Å². The third kappa shape index (κ3) is 4.02. The Balaban J connectivity index is 1.48. The Morgan fingerprint density at radius 2 is 1.14 bits per heavy atom. The fraction of sp³-hybridized carbons (Fsp3) is 0.0625. The van der Waals surface area contributed by atoms with E-state index >= 15 is 0 Å². The van der Waals surface area contributed by atoms with Crippen molar-refractivity contribution >= 4 is 11.2 Å². The van der Waals surface area contributed by atoms with Crippen molar-refractivity contribution in [1.29, 1.82) is 0 Å². The molecule has 2 heterocycles. The maximum Gasteiger partial charge on any atom is 0.165 e. The van der Waals surface area contributed by atoms with Crippen molar-refractivity contribution in [2.75, 3.05) is 0 Å². The first kappa shape index (κ1) is 21.1. The number of hydrogen-bond donors (Lipinski definition) is 0. The van der Waals surface area contributed by atoms with E-state index in [0.29, 0.717) is 0 Å². The molecule has 0 bridgehead atoms. The highest BCUT2D eigenvalue weighted by Crippen LogP contribution is 2.33. The lowest BCUT2D eigenvalue weighted by Crippen LogP contribution is -1.96. The van der Waals surface area contributed by atoms with E-state index in [1.54, 1.807) is 0 Å². The molecule has 3 heteroatoms. The lowest BCUT2D eigenvalue weighted by Gasteiger charge is -2.11. The first-order valence-corrected chi connectivity index (χ1v) is 11.8. The van der Waals surface area contributed by atoms with Crippen LogP contribution in [0.5, 0.6) is 0 Å². The molecule has 0 unspecified atom stereocenters. The summed E-state index contributed by atoms with van der Waals surface area (Å²) in [6, 6.07) is 36.4. The molecule has 3 nitrogen and oxygen atoms in total. The maximum absolute atomic E-state index is 4.84. The summed E-state index contributed by atoms with van der Waals surface area (Å²) >= 11 is 0. The van der Waals surface area contributed by atoms with Crippen molar-refractivity contribution in [2.45, 2.75) is 13.8 Å². The van der Waals surface area contributed by atoms with Gasteiger partial charge in [-0.25, -0.2) is 9.97 Å². The van der Waals surface area contributed by atoms with Crippen molar-refractivity contribution in [3.05, 3.63) is 127 Å². The zero-order chi connectivity index (χ0) is 23.8. The molecule has 0 aliphatic heterocycles. The Kier molecular flexibility index (Phi) is 5.23. The smallest absolute Gasteiger partial charge is 0.165 e. The van der Waals surface area contributed by atoms with Gasteiger partial charge < -0.3 is 0 Å². The van der Waals surface area contributed by atoms with Gasteiger partial charge >= 0.3 is 0 Å². The number of pyridine rings is 1. The molecule has 6 aromatic rings. The van der Waals surface area contributed by atoms with Gasteiger partial charge in [0.1, 0.15) is 11.8 Å². The lowest BCUT2D eigenvalue weighted by molar-refractivity contribution is 1.06. The van der Waals surface area contributed by atoms with Gasteiger partial charge in [-0.15, -0.1) is 0 Å². The van der Waals surface area contributed by atoms with Gasteiger partial charge in [-0.05, 0) is 77.1 Å². The number of fused-ring (bicyclic) bond motifs is 1. The minimum absolute atomic E-state index is 0.856. The second kappa shape index (κ2) is 8.69. The molecule has 0 saturated heterocycles. The van der Waals surface area contributed by atoms with E-state index < -0.39 is 0 Å². The Labute approximate surface area is 205 Å². The highest BCUT2D eigenvalue weighted by Gasteiger charge is 2.14. The fourth-order valence-corrected chi connectivity index (χ4v) is 4.77. The molecule has 0 spiro atoms. The average Bonchev–Trinajstić information content (AvgIpc) is 3.33. The van der Waals surface area contributed by atoms with Crippen LogP contribution < -0.4 is 0 Å². The van der Waals surface area contributed by atoms with Gasteiger partial charge in [-0.1, -0.05) is 78.9 Å². The first-order valence-electron chi connectivity index (χ1n) is 11.8. The maximum atomic E-state index is 4.84. The zero-order valence-corrected chi connectivity index (χ0v) is 19.8. The molecule has 168 valence electrons. The van der Waals surface area contributed by atoms with Gasteiger partial charge in [0, 0.05) is 17.4 Å². The van der Waals surface area contributed by atoms with Crippen LogP contribution in [0.2, 0.25) is 0 Å². The number of imidazole rings is 1. The summed E-state index contributed by atoms with van der Waals surface area (Å²) in [5, 5.41) is 0. The van der Waals surface area contributed by atoms with E-state index in [1.165, 1.54) is 33.4 Å². The predicted molar refractivity (Wildman–Crippen MR) is 145 cm³/mol. The van der Waals surface area contributed by atoms with Crippen LogP contribution >= 0.6 is 0 Å². The van der Waals surface area contributed by atoms with Crippen LogP contribution in [-0.2, 0) is 0 Å². The summed E-state index contributed by atoms with van der Waals surface area (Å²) in [6.07, 6.45) is 3.77. The summed E-state index contributed by atoms with van der Waals surface area (Å²) in [5.74, 6) is 0. The number of aromatic nitrogens is 3. The molecule has 0 fully saturated rings. The Hall–Kier alpha value is -4.50. The van der Waals surface area contributed by atoms with E-state index in [0.717, 1.165) is 28.0 Å². The highest BCUT2D eigenvalue weighted by molar-refractivity contribution is 5.92. The third-order valence-corrected chi connectivity index (χ3v) is 6.38. The lowest BCUT2D eigenvalue weighted by atomic mass is 9.96. The quantitative estimate of drug-likeness (QED) is 0.271. The van der Waals surface area contributed by atoms with Gasteiger partial charge in [0.2, 0.25) is 0 Å². The summed E-state index contributed by atoms with van der Waals surface area (Å²) in [4.78, 5) is 9.58. The Morgan fingerprint density at radius 3 is 1.83 bits per heavy atom. The molecule has 0 aliphatic carbocycles. The Bertz CT molecular complexity index is 1650. The minimum Gasteiger partial charge on any atom is -0.283 e. The third-order valence-electron chi connectivity index (χ3n) is 6.38. The van der Waals surface area contributed by atoms with E-state index in [2.05, 4.69) is 109 Å². The molecule has 4 aromatic carbocycles. The van der Waals surface area contributed by atoms with Crippen LogP contribution in [0.25, 0.3) is 50.2 Å². The molecule has 0 aliphatic rings. The molecular formula is C32H25N3. The number of benzene rings is 4. The summed E-state index contributed by atoms with van der Waals surface area (Å²) in [7, 11) is 0. The van der Waals surface area contributed by atoms with E-state index in [1.807, 2.05) is 24.7 Å². The number of hydrogen-bond acceptors (Lipinski definition) is 2. The second-order valence-electron chi connectivity index (χ2n) is 9.02. The molecular weight excluding hydrogens is 426 g/mol. The van der Waals surface area contributed by atoms with Gasteiger partial charge in [-0.3, -0.25) is 4.57 Å². The minimum atomic E-state index is 0.856. The predicted octanol–water partition coefficient (Wildman–Crippen LogP) is 8.04. The average molecular weight is 452 g/mol. The Morgan fingerprint density at radius 1 is 0.543 bits per heavy atom. The fourth-order valence-electron chi connectivity index (χ4n) is 4.77. The standard InChI is InChI=1S/C32H25N3/c1-22-15-26(24-9-5-3-6-10-24)19-28(17-22)30-13-14-33-32-31(30)34-21-35(32)29-18-23(2)16-27(20-29)25-11-7-4-8-12-25/h3-21H,1-2H3. The van der Waals surface area contributed by atoms with Gasteiger partial charge in [0.25, 0.3) is 0 Å². The van der Waals surface area contributed by atoms with Crippen molar-refractivity contribution in [1.82, 2.24) is 14.5 Å². The number of rotatable bonds is 4. The SMILES string of the molecule is Cc1cc(-c2ccccc2)cc(-c2ccnc3c2ncn3-c2cc(C)cc(-c3ccccc3)c2)c1. The normalized spacial score (nSPS) is 11.1. The van der Waals surface area contributed by atoms with Crippen LogP contribution in [0.3, 0.4) is 0 Å². The van der Waals surface area contributed by atoms with Gasteiger partial charge in [0.15, 0.2) is 5.65 Å². The molecule has 0 amide bonds. The summed E-state index contributed by atoms with van der Waals surface area (Å²) < 4.78 is 2.09. The van der Waals surface area contributed by atoms with Crippen LogP contribution in [0, 0.1) is 13.8 Å². The molecule has 0 saturated carbocycles. The van der Waals surface area contributed by atoms with E-state index in [-0.39, 0.29) is 0 Å². The van der Waals surface area contributed by atoms with Crippen LogP contribution in [0.15, 0.2) is 116 Å². The van der Waals surface area contributed by atoms with Crippen molar-refractivity contribution in [3.8, 4) is 39.1 Å². The van der Waals surface area contributed by atoms with Gasteiger partial charge in [0.05, 0.1) is 0 Å². The molecule has 0 N–H and O–H groups in total. The van der Waals surface area contributed by atoms with Crippen LogP contribution in [0.1, 0.15) is 11.1 Å².